The van der Waals surface area contributed by atoms with E-state index in [1.54, 1.807) is 11.3 Å². The second kappa shape index (κ2) is 10.4. The van der Waals surface area contributed by atoms with Crippen molar-refractivity contribution in [3.8, 4) is 23.5 Å². The lowest BCUT2D eigenvalue weighted by Gasteiger charge is -2.39. The maximum atomic E-state index is 10.0. The smallest absolute Gasteiger partial charge is 0.217 e. The molecule has 2 aliphatic heterocycles. The summed E-state index contributed by atoms with van der Waals surface area (Å²) in [5.74, 6) is 2.41. The molecule has 3 aromatic heterocycles. The van der Waals surface area contributed by atoms with E-state index in [4.69, 9.17) is 25.0 Å². The summed E-state index contributed by atoms with van der Waals surface area (Å²) in [6.07, 6.45) is 9.12. The van der Waals surface area contributed by atoms with Gasteiger partial charge in [-0.25, -0.2) is 4.98 Å². The van der Waals surface area contributed by atoms with Crippen LogP contribution in [0.4, 0.5) is 5.00 Å². The molecule has 9 nitrogen and oxygen atoms in total. The predicted molar refractivity (Wildman–Crippen MR) is 158 cm³/mol. The summed E-state index contributed by atoms with van der Waals surface area (Å²) < 4.78 is 12.8. The molecule has 0 bridgehead atoms. The van der Waals surface area contributed by atoms with E-state index in [-0.39, 0.29) is 11.5 Å². The van der Waals surface area contributed by atoms with Gasteiger partial charge in [-0.15, -0.1) is 11.3 Å². The summed E-state index contributed by atoms with van der Waals surface area (Å²) >= 11 is 1.57. The van der Waals surface area contributed by atoms with E-state index in [2.05, 4.69) is 42.0 Å². The summed E-state index contributed by atoms with van der Waals surface area (Å²) in [5.41, 5.74) is 10.5. The molecular formula is C31H39N7O2S. The number of hydrogen-bond acceptors (Lipinski definition) is 10. The molecule has 7 rings (SSSR count). The summed E-state index contributed by atoms with van der Waals surface area (Å²) in [5, 5.41) is 15.3. The van der Waals surface area contributed by atoms with E-state index < -0.39 is 0 Å². The fourth-order valence-corrected chi connectivity index (χ4v) is 9.17. The van der Waals surface area contributed by atoms with Crippen molar-refractivity contribution in [2.45, 2.75) is 88.2 Å². The fraction of sp³-hybridized carbons (Fsp3) is 0.613. The number of nitrogens with zero attached hydrogens (tertiary/aromatic N) is 6. The number of rotatable bonds is 5. The van der Waals surface area contributed by atoms with E-state index in [0.29, 0.717) is 34.2 Å². The Morgan fingerprint density at radius 3 is 2.73 bits per heavy atom. The van der Waals surface area contributed by atoms with Crippen molar-refractivity contribution in [2.24, 2.45) is 0 Å². The van der Waals surface area contributed by atoms with Crippen molar-refractivity contribution in [3.05, 3.63) is 39.1 Å². The molecule has 0 radical (unpaired) electrons. The van der Waals surface area contributed by atoms with E-state index in [1.165, 1.54) is 11.3 Å². The van der Waals surface area contributed by atoms with Crippen molar-refractivity contribution >= 4 is 16.3 Å². The topological polar surface area (TPSA) is 117 Å². The Balaban J connectivity index is 1.31. The van der Waals surface area contributed by atoms with Crippen LogP contribution in [0.2, 0.25) is 0 Å². The minimum absolute atomic E-state index is 0.0213. The Bertz CT molecular complexity index is 1500. The van der Waals surface area contributed by atoms with Gasteiger partial charge in [0, 0.05) is 35.0 Å². The van der Waals surface area contributed by atoms with Crippen LogP contribution in [-0.4, -0.2) is 70.8 Å². The van der Waals surface area contributed by atoms with Crippen LogP contribution in [0.25, 0.3) is 11.5 Å². The summed E-state index contributed by atoms with van der Waals surface area (Å²) in [7, 11) is 4.34. The molecule has 41 heavy (non-hydrogen) atoms. The maximum absolute atomic E-state index is 10.0. The minimum atomic E-state index is -0.363. The Morgan fingerprint density at radius 2 is 2.00 bits per heavy atom. The van der Waals surface area contributed by atoms with Gasteiger partial charge >= 0.3 is 0 Å². The normalized spacial score (nSPS) is 27.1. The van der Waals surface area contributed by atoms with Crippen LogP contribution in [0.5, 0.6) is 5.88 Å². The monoisotopic (exact) mass is 573 g/mol. The lowest BCUT2D eigenvalue weighted by atomic mass is 9.63. The average molecular weight is 574 g/mol. The maximum Gasteiger partial charge on any atom is 0.217 e. The largest absolute Gasteiger partial charge is 0.473 e. The molecule has 0 saturated carbocycles. The molecule has 4 aliphatic rings. The lowest BCUT2D eigenvalue weighted by molar-refractivity contribution is 0.117. The quantitative estimate of drug-likeness (QED) is 0.455. The highest BCUT2D eigenvalue weighted by atomic mass is 32.1. The zero-order valence-electron chi connectivity index (χ0n) is 24.3. The molecule has 3 aromatic rings. The lowest BCUT2D eigenvalue weighted by Crippen LogP contribution is -2.38. The van der Waals surface area contributed by atoms with Crippen LogP contribution < -0.4 is 10.5 Å². The molecule has 0 amide bonds. The third kappa shape index (κ3) is 4.44. The molecule has 10 heteroatoms. The first-order valence-electron chi connectivity index (χ1n) is 15.1. The summed E-state index contributed by atoms with van der Waals surface area (Å²) in [6.45, 7) is 5.28. The van der Waals surface area contributed by atoms with Crippen LogP contribution in [-0.2, 0) is 18.3 Å². The number of aromatic nitrogens is 3. The second-order valence-electron chi connectivity index (χ2n) is 12.6. The second-order valence-corrected chi connectivity index (χ2v) is 13.7. The van der Waals surface area contributed by atoms with Crippen LogP contribution in [0.15, 0.2) is 10.6 Å². The predicted octanol–water partition coefficient (Wildman–Crippen LogP) is 4.89. The number of nitrogen functional groups attached to an aromatic ring is 1. The highest BCUT2D eigenvalue weighted by molar-refractivity contribution is 7.16. The number of likely N-dealkylation sites (N-methyl/N-ethyl adjacent to an activating group) is 2. The number of hydrogen-bond donors (Lipinski definition) is 1. The zero-order valence-corrected chi connectivity index (χ0v) is 25.1. The Morgan fingerprint density at radius 1 is 1.17 bits per heavy atom. The van der Waals surface area contributed by atoms with Crippen molar-refractivity contribution in [1.82, 2.24) is 24.9 Å². The number of nitriles is 1. The number of anilines is 1. The molecule has 0 unspecified atom stereocenters. The van der Waals surface area contributed by atoms with Crippen LogP contribution >= 0.6 is 11.3 Å². The van der Waals surface area contributed by atoms with E-state index >= 15 is 0 Å². The van der Waals surface area contributed by atoms with Gasteiger partial charge in [-0.05, 0) is 97.5 Å². The van der Waals surface area contributed by atoms with Gasteiger partial charge in [0.2, 0.25) is 5.88 Å². The van der Waals surface area contributed by atoms with Crippen LogP contribution in [0, 0.1) is 11.3 Å². The van der Waals surface area contributed by atoms with Gasteiger partial charge in [0.25, 0.3) is 0 Å². The van der Waals surface area contributed by atoms with Crippen molar-refractivity contribution in [3.63, 3.8) is 0 Å². The average Bonchev–Trinajstić information content (AvgIpc) is 3.75. The SMILES string of the molecule is C[C@H](Oc1cc([C@H]2CCN(C)C2)nc(-c2noc3c2CCC[C@@]32CCCc3sc(N)c(C#N)c32)n1)[C@@H]1CCCN1C. The molecule has 4 atom stereocenters. The molecule has 2 fully saturated rings. The van der Waals surface area contributed by atoms with Crippen molar-refractivity contribution in [2.75, 3.05) is 39.5 Å². The van der Waals surface area contributed by atoms with E-state index in [0.717, 1.165) is 99.3 Å². The molecule has 0 aromatic carbocycles. The third-order valence-corrected chi connectivity index (χ3v) is 11.1. The van der Waals surface area contributed by atoms with Gasteiger partial charge in [0.05, 0.1) is 16.7 Å². The molecular weight excluding hydrogens is 534 g/mol. The highest BCUT2D eigenvalue weighted by Gasteiger charge is 2.49. The Kier molecular flexibility index (Phi) is 6.80. The number of thiophene rings is 1. The van der Waals surface area contributed by atoms with Gasteiger partial charge in [-0.2, -0.15) is 10.2 Å². The first-order valence-corrected chi connectivity index (χ1v) is 15.9. The fourth-order valence-electron chi connectivity index (χ4n) is 8.01. The first-order chi connectivity index (χ1) is 19.9. The number of ether oxygens (including phenoxy) is 1. The Hall–Kier alpha value is -3.00. The Labute approximate surface area is 245 Å². The highest BCUT2D eigenvalue weighted by Crippen LogP contribution is 2.55. The molecule has 5 heterocycles. The molecule has 216 valence electrons. The number of likely N-dealkylation sites (tertiary alicyclic amines) is 2. The van der Waals surface area contributed by atoms with E-state index in [1.807, 2.05) is 6.07 Å². The van der Waals surface area contributed by atoms with E-state index in [9.17, 15) is 5.26 Å². The third-order valence-electron chi connectivity index (χ3n) is 10.0. The zero-order chi connectivity index (χ0) is 28.3. The van der Waals surface area contributed by atoms with Gasteiger partial charge in [-0.1, -0.05) is 5.16 Å². The number of nitrogens with two attached hydrogens (primary N) is 1. The van der Waals surface area contributed by atoms with Gasteiger partial charge in [0.1, 0.15) is 17.2 Å². The summed E-state index contributed by atoms with van der Waals surface area (Å²) in [4.78, 5) is 16.0. The molecule has 2 saturated heterocycles. The van der Waals surface area contributed by atoms with Crippen LogP contribution in [0.1, 0.15) is 90.8 Å². The van der Waals surface area contributed by atoms with Gasteiger partial charge < -0.3 is 19.9 Å². The van der Waals surface area contributed by atoms with Crippen molar-refractivity contribution < 1.29 is 9.26 Å². The van der Waals surface area contributed by atoms with Gasteiger partial charge in [-0.3, -0.25) is 4.90 Å². The minimum Gasteiger partial charge on any atom is -0.473 e. The van der Waals surface area contributed by atoms with Crippen molar-refractivity contribution in [1.29, 1.82) is 5.26 Å². The van der Waals surface area contributed by atoms with Crippen LogP contribution in [0.3, 0.4) is 0 Å². The molecule has 2 aliphatic carbocycles. The summed E-state index contributed by atoms with van der Waals surface area (Å²) in [6, 6.07) is 4.84. The first kappa shape index (κ1) is 26.9. The standard InChI is InChI=1S/C31H39N7O2S/c1-18(23-8-6-13-38(23)3)39-25-15-22(19-10-14-37(2)17-19)34-30(35-25)27-20-7-4-11-31(28(20)40-36-27)12-5-9-24-26(31)21(16-32)29(33)41-24/h15,18-19,23H,4-14,17,33H2,1-3H3/t18-,19-,23-,31-/m0/s1. The molecule has 2 N–H and O–H groups in total. The molecule has 1 spiro atoms. The van der Waals surface area contributed by atoms with Gasteiger partial charge in [0.15, 0.2) is 17.3 Å². The number of aryl methyl sites for hydroxylation is 1. The number of fused-ring (bicyclic) bond motifs is 4.